The zero-order valence-corrected chi connectivity index (χ0v) is 21.6. The summed E-state index contributed by atoms with van der Waals surface area (Å²) >= 11 is 0. The van der Waals surface area contributed by atoms with Crippen LogP contribution in [0.1, 0.15) is 42.1 Å². The Morgan fingerprint density at radius 2 is 1.73 bits per heavy atom. The van der Waals surface area contributed by atoms with Crippen molar-refractivity contribution in [1.82, 2.24) is 14.8 Å². The predicted octanol–water partition coefficient (Wildman–Crippen LogP) is 4.73. The van der Waals surface area contributed by atoms with Gasteiger partial charge in [-0.15, -0.1) is 0 Å². The van der Waals surface area contributed by atoms with E-state index < -0.39 is 17.7 Å². The fourth-order valence-corrected chi connectivity index (χ4v) is 4.63. The fourth-order valence-electron chi connectivity index (χ4n) is 4.63. The molecule has 0 radical (unpaired) electrons. The molecule has 1 N–H and O–H groups in total. The van der Waals surface area contributed by atoms with Crippen LogP contribution < -0.4 is 4.74 Å². The summed E-state index contributed by atoms with van der Waals surface area (Å²) in [5.41, 5.74) is 3.49. The molecule has 0 aliphatic carbocycles. The van der Waals surface area contributed by atoms with Crippen molar-refractivity contribution in [3.05, 3.63) is 101 Å². The number of hydrogen-bond acceptors (Lipinski definition) is 6. The predicted molar refractivity (Wildman–Crippen MR) is 143 cm³/mol. The molecule has 1 aliphatic rings. The maximum absolute atomic E-state index is 13.2. The second-order valence-electron chi connectivity index (χ2n) is 9.10. The molecule has 192 valence electrons. The van der Waals surface area contributed by atoms with E-state index in [-0.39, 0.29) is 11.3 Å². The highest BCUT2D eigenvalue weighted by molar-refractivity contribution is 6.46. The topological polar surface area (TPSA) is 83.0 Å². The van der Waals surface area contributed by atoms with E-state index in [2.05, 4.69) is 29.8 Å². The Labute approximate surface area is 218 Å². The average Bonchev–Trinajstić information content (AvgIpc) is 3.18. The summed E-state index contributed by atoms with van der Waals surface area (Å²) < 4.78 is 5.89. The number of aliphatic hydroxyl groups excluding tert-OH is 1. The molecule has 7 heteroatoms. The van der Waals surface area contributed by atoms with E-state index in [4.69, 9.17) is 4.74 Å². The molecular formula is C30H33N3O4. The summed E-state index contributed by atoms with van der Waals surface area (Å²) in [5.74, 6) is -0.841. The van der Waals surface area contributed by atoms with E-state index in [0.29, 0.717) is 31.0 Å². The molecule has 0 saturated carbocycles. The molecule has 3 aromatic rings. The Morgan fingerprint density at radius 1 is 1.03 bits per heavy atom. The van der Waals surface area contributed by atoms with Gasteiger partial charge >= 0.3 is 0 Å². The normalized spacial score (nSPS) is 17.0. The summed E-state index contributed by atoms with van der Waals surface area (Å²) in [4.78, 5) is 34.1. The number of aromatic nitrogens is 1. The van der Waals surface area contributed by atoms with E-state index >= 15 is 0 Å². The zero-order chi connectivity index (χ0) is 26.4. The Kier molecular flexibility index (Phi) is 8.36. The largest absolute Gasteiger partial charge is 0.507 e. The molecule has 0 spiro atoms. The highest BCUT2D eigenvalue weighted by Gasteiger charge is 2.45. The van der Waals surface area contributed by atoms with Crippen molar-refractivity contribution in [3.8, 4) is 5.75 Å². The first-order chi connectivity index (χ1) is 17.9. The van der Waals surface area contributed by atoms with E-state index in [1.807, 2.05) is 25.1 Å². The molecule has 1 amide bonds. The van der Waals surface area contributed by atoms with Gasteiger partial charge in [-0.25, -0.2) is 0 Å². The minimum absolute atomic E-state index is 0.0872. The number of ketones is 1. The molecule has 2 aromatic carbocycles. The highest BCUT2D eigenvalue weighted by Crippen LogP contribution is 2.39. The van der Waals surface area contributed by atoms with Crippen molar-refractivity contribution in [2.24, 2.45) is 0 Å². The number of hydrogen-bond donors (Lipinski definition) is 1. The Hall–Kier alpha value is -3.97. The van der Waals surface area contributed by atoms with Gasteiger partial charge in [-0.05, 0) is 67.5 Å². The molecule has 7 nitrogen and oxygen atoms in total. The lowest BCUT2D eigenvalue weighted by Crippen LogP contribution is -2.38. The van der Waals surface area contributed by atoms with Crippen LogP contribution in [-0.4, -0.2) is 57.8 Å². The quantitative estimate of drug-likeness (QED) is 0.247. The van der Waals surface area contributed by atoms with Gasteiger partial charge in [0.05, 0.1) is 11.6 Å². The molecule has 1 aliphatic heterocycles. The number of benzene rings is 2. The number of amides is 1. The van der Waals surface area contributed by atoms with Gasteiger partial charge in [-0.3, -0.25) is 14.6 Å². The maximum atomic E-state index is 13.2. The van der Waals surface area contributed by atoms with Crippen LogP contribution in [0.15, 0.2) is 78.6 Å². The third kappa shape index (κ3) is 5.89. The number of likely N-dealkylation sites (N-methyl/N-ethyl adjacent to an activating group) is 1. The average molecular weight is 500 g/mol. The van der Waals surface area contributed by atoms with Gasteiger partial charge in [0, 0.05) is 31.0 Å². The van der Waals surface area contributed by atoms with Crippen LogP contribution >= 0.6 is 0 Å². The molecule has 4 rings (SSSR count). The first-order valence-electron chi connectivity index (χ1n) is 12.6. The molecule has 2 heterocycles. The van der Waals surface area contributed by atoms with Crippen LogP contribution in [0.2, 0.25) is 0 Å². The van der Waals surface area contributed by atoms with Crippen LogP contribution in [0.25, 0.3) is 5.76 Å². The van der Waals surface area contributed by atoms with Gasteiger partial charge in [-0.2, -0.15) is 0 Å². The number of Topliss-reactive ketones (excluding diaryl/α,β-unsaturated/α-hetero) is 1. The van der Waals surface area contributed by atoms with Crippen LogP contribution in [-0.2, 0) is 16.2 Å². The Bertz CT molecular complexity index is 1270. The summed E-state index contributed by atoms with van der Waals surface area (Å²) in [7, 11) is 0. The van der Waals surface area contributed by atoms with Crippen molar-refractivity contribution in [1.29, 1.82) is 0 Å². The number of aryl methyl sites for hydroxylation is 1. The number of likely N-dealkylation sites (tertiary alicyclic amines) is 1. The lowest BCUT2D eigenvalue weighted by atomic mass is 9.96. The van der Waals surface area contributed by atoms with Crippen molar-refractivity contribution in [3.63, 3.8) is 0 Å². The van der Waals surface area contributed by atoms with E-state index in [1.54, 1.807) is 53.7 Å². The van der Waals surface area contributed by atoms with Crippen LogP contribution in [0.3, 0.4) is 0 Å². The molecular weight excluding hydrogens is 466 g/mol. The zero-order valence-electron chi connectivity index (χ0n) is 21.6. The Balaban J connectivity index is 1.61. The van der Waals surface area contributed by atoms with Crippen molar-refractivity contribution in [2.45, 2.75) is 33.4 Å². The number of carbonyl (C=O) groups excluding carboxylic acids is 2. The monoisotopic (exact) mass is 499 g/mol. The lowest BCUT2D eigenvalue weighted by molar-refractivity contribution is -0.140. The first-order valence-corrected chi connectivity index (χ1v) is 12.6. The number of ether oxygens (including phenoxy) is 1. The van der Waals surface area contributed by atoms with Crippen molar-refractivity contribution in [2.75, 3.05) is 26.2 Å². The van der Waals surface area contributed by atoms with Gasteiger partial charge in [-0.1, -0.05) is 43.7 Å². The summed E-state index contributed by atoms with van der Waals surface area (Å²) in [5, 5.41) is 11.3. The number of carbonyl (C=O) groups is 2. The van der Waals surface area contributed by atoms with Gasteiger partial charge in [0.25, 0.3) is 11.7 Å². The molecule has 1 unspecified atom stereocenters. The third-order valence-corrected chi connectivity index (χ3v) is 6.73. The van der Waals surface area contributed by atoms with E-state index in [9.17, 15) is 14.7 Å². The van der Waals surface area contributed by atoms with Gasteiger partial charge in [0.15, 0.2) is 0 Å². The summed E-state index contributed by atoms with van der Waals surface area (Å²) in [6, 6.07) is 17.9. The van der Waals surface area contributed by atoms with Gasteiger partial charge in [0.1, 0.15) is 18.1 Å². The van der Waals surface area contributed by atoms with Crippen molar-refractivity contribution < 1.29 is 19.4 Å². The number of nitrogens with zero attached hydrogens (tertiary/aromatic N) is 3. The second kappa shape index (κ2) is 11.8. The van der Waals surface area contributed by atoms with E-state index in [0.717, 1.165) is 24.2 Å². The molecule has 1 aromatic heterocycles. The molecule has 1 saturated heterocycles. The molecule has 37 heavy (non-hydrogen) atoms. The standard InChI is InChI=1S/C30H33N3O4/c1-4-32(5-2)17-18-33-27(23-13-15-31-16-14-23)26(29(35)30(33)36)28(34)24-9-11-25(12-10-24)37-20-22-8-6-7-21(3)19-22/h6-16,19,27,34H,4-5,17-18,20H2,1-3H3/b28-26-. The maximum Gasteiger partial charge on any atom is 0.295 e. The van der Waals surface area contributed by atoms with Gasteiger partial charge in [0.2, 0.25) is 0 Å². The molecule has 1 fully saturated rings. The van der Waals surface area contributed by atoms with Crippen molar-refractivity contribution >= 4 is 17.4 Å². The number of pyridine rings is 1. The summed E-state index contributed by atoms with van der Waals surface area (Å²) in [6.07, 6.45) is 3.25. The fraction of sp³-hybridized carbons (Fsp3) is 0.300. The SMILES string of the molecule is CCN(CC)CCN1C(=O)C(=O)/C(=C(\O)c2ccc(OCc3cccc(C)c3)cc2)C1c1ccncc1. The van der Waals surface area contributed by atoms with Crippen LogP contribution in [0, 0.1) is 6.92 Å². The first kappa shape index (κ1) is 26.1. The third-order valence-electron chi connectivity index (χ3n) is 6.73. The highest BCUT2D eigenvalue weighted by atomic mass is 16.5. The smallest absolute Gasteiger partial charge is 0.295 e. The lowest BCUT2D eigenvalue weighted by Gasteiger charge is -2.28. The minimum atomic E-state index is -0.684. The summed E-state index contributed by atoms with van der Waals surface area (Å²) in [6.45, 7) is 9.28. The number of rotatable bonds is 10. The van der Waals surface area contributed by atoms with Gasteiger partial charge < -0.3 is 19.6 Å². The minimum Gasteiger partial charge on any atom is -0.507 e. The van der Waals surface area contributed by atoms with Crippen LogP contribution in [0.5, 0.6) is 5.75 Å². The Morgan fingerprint density at radius 3 is 2.38 bits per heavy atom. The number of aliphatic hydroxyl groups is 1. The molecule has 1 atom stereocenters. The van der Waals surface area contributed by atoms with Crippen LogP contribution in [0.4, 0.5) is 0 Å². The second-order valence-corrected chi connectivity index (χ2v) is 9.10. The van der Waals surface area contributed by atoms with E-state index in [1.165, 1.54) is 5.56 Å². The molecule has 0 bridgehead atoms.